The zero-order valence-electron chi connectivity index (χ0n) is 19.6. The minimum absolute atomic E-state index is 0.0621. The smallest absolute Gasteiger partial charge is 0.319 e. The van der Waals surface area contributed by atoms with Gasteiger partial charge in [-0.2, -0.15) is 0 Å². The molecule has 1 unspecified atom stereocenters. The van der Waals surface area contributed by atoms with Gasteiger partial charge in [-0.25, -0.2) is 4.79 Å². The molecule has 3 aromatic rings. The van der Waals surface area contributed by atoms with E-state index in [0.717, 1.165) is 25.2 Å². The zero-order valence-corrected chi connectivity index (χ0v) is 19.6. The van der Waals surface area contributed by atoms with Crippen molar-refractivity contribution in [1.29, 1.82) is 0 Å². The van der Waals surface area contributed by atoms with Crippen LogP contribution < -0.4 is 25.0 Å². The fraction of sp³-hybridized carbons (Fsp3) is 0.296. The lowest BCUT2D eigenvalue weighted by Gasteiger charge is -2.36. The third-order valence-corrected chi connectivity index (χ3v) is 6.48. The van der Waals surface area contributed by atoms with Gasteiger partial charge in [-0.3, -0.25) is 4.90 Å². The van der Waals surface area contributed by atoms with Crippen LogP contribution >= 0.6 is 0 Å². The van der Waals surface area contributed by atoms with Crippen LogP contribution in [0.25, 0.3) is 0 Å². The monoisotopic (exact) mass is 458 g/mol. The largest absolute Gasteiger partial charge is 0.454 e. The Morgan fingerprint density at radius 1 is 1.00 bits per heavy atom. The van der Waals surface area contributed by atoms with Gasteiger partial charge in [0.1, 0.15) is 0 Å². The number of nitrogens with one attached hydrogen (secondary N) is 2. The highest BCUT2D eigenvalue weighted by Gasteiger charge is 2.25. The average molecular weight is 459 g/mol. The van der Waals surface area contributed by atoms with E-state index in [9.17, 15) is 4.79 Å². The lowest BCUT2D eigenvalue weighted by Crippen LogP contribution is -2.41. The zero-order chi connectivity index (χ0) is 23.5. The van der Waals surface area contributed by atoms with Gasteiger partial charge in [0.2, 0.25) is 6.79 Å². The molecule has 1 atom stereocenters. The summed E-state index contributed by atoms with van der Waals surface area (Å²) in [5.41, 5.74) is 5.77. The standard InChI is InChI=1S/C27H30N4O3/c1-30(2)23-10-7-20(8-11-23)24(31-14-13-19-5-3-4-6-21(19)17-31)16-28-27(32)29-22-9-12-25-26(15-22)34-18-33-25/h3-12,15,24H,13-14,16-18H2,1-2H3,(H2,28,29,32). The van der Waals surface area contributed by atoms with Crippen LogP contribution in [0.1, 0.15) is 22.7 Å². The maximum Gasteiger partial charge on any atom is 0.319 e. The van der Waals surface area contributed by atoms with Gasteiger partial charge >= 0.3 is 6.03 Å². The molecule has 0 saturated heterocycles. The summed E-state index contributed by atoms with van der Waals surface area (Å²) in [5.74, 6) is 1.33. The summed E-state index contributed by atoms with van der Waals surface area (Å²) in [6.45, 7) is 2.52. The van der Waals surface area contributed by atoms with E-state index < -0.39 is 0 Å². The molecule has 0 saturated carbocycles. The van der Waals surface area contributed by atoms with Crippen LogP contribution in [0.3, 0.4) is 0 Å². The van der Waals surface area contributed by atoms with Crippen LogP contribution in [0.5, 0.6) is 11.5 Å². The summed E-state index contributed by atoms with van der Waals surface area (Å²) in [4.78, 5) is 17.3. The fourth-order valence-corrected chi connectivity index (χ4v) is 4.57. The van der Waals surface area contributed by atoms with E-state index in [1.54, 1.807) is 12.1 Å². The number of ether oxygens (including phenoxy) is 2. The lowest BCUT2D eigenvalue weighted by molar-refractivity contribution is 0.174. The van der Waals surface area contributed by atoms with Gasteiger partial charge in [0.25, 0.3) is 0 Å². The Bertz CT molecular complexity index is 1160. The van der Waals surface area contributed by atoms with Crippen molar-refractivity contribution in [1.82, 2.24) is 10.2 Å². The SMILES string of the molecule is CN(C)c1ccc(C(CNC(=O)Nc2ccc3c(c2)OCO3)N2CCc3ccccc3C2)cc1. The Morgan fingerprint density at radius 3 is 2.56 bits per heavy atom. The van der Waals surface area contributed by atoms with Crippen LogP contribution in [0.15, 0.2) is 66.7 Å². The Kier molecular flexibility index (Phi) is 6.27. The molecule has 176 valence electrons. The molecular formula is C27H30N4O3. The first kappa shape index (κ1) is 22.1. The molecule has 2 amide bonds. The first-order chi connectivity index (χ1) is 16.6. The molecule has 3 aromatic carbocycles. The van der Waals surface area contributed by atoms with Crippen molar-refractivity contribution >= 4 is 17.4 Å². The molecule has 0 fully saturated rings. The minimum atomic E-state index is -0.244. The van der Waals surface area contributed by atoms with Crippen molar-refractivity contribution in [2.24, 2.45) is 0 Å². The van der Waals surface area contributed by atoms with Gasteiger partial charge in [-0.1, -0.05) is 36.4 Å². The predicted molar refractivity (Wildman–Crippen MR) is 134 cm³/mol. The highest BCUT2D eigenvalue weighted by Crippen LogP contribution is 2.34. The van der Waals surface area contributed by atoms with Gasteiger partial charge < -0.3 is 25.0 Å². The second kappa shape index (κ2) is 9.65. The van der Waals surface area contributed by atoms with Gasteiger partial charge in [0, 0.05) is 51.2 Å². The summed E-state index contributed by atoms with van der Waals surface area (Å²) in [6.07, 6.45) is 1.01. The molecule has 7 heteroatoms. The molecule has 5 rings (SSSR count). The molecule has 2 heterocycles. The third-order valence-electron chi connectivity index (χ3n) is 6.48. The molecule has 0 radical (unpaired) electrons. The van der Waals surface area contributed by atoms with E-state index in [2.05, 4.69) is 69.0 Å². The van der Waals surface area contributed by atoms with Crippen molar-refractivity contribution < 1.29 is 14.3 Å². The summed E-state index contributed by atoms with van der Waals surface area (Å²) < 4.78 is 10.7. The first-order valence-corrected chi connectivity index (χ1v) is 11.6. The predicted octanol–water partition coefficient (Wildman–Crippen LogP) is 4.40. The molecule has 34 heavy (non-hydrogen) atoms. The number of carbonyl (C=O) groups excluding carboxylic acids is 1. The van der Waals surface area contributed by atoms with E-state index in [4.69, 9.17) is 9.47 Å². The lowest BCUT2D eigenvalue weighted by atomic mass is 9.96. The molecule has 2 N–H and O–H groups in total. The maximum atomic E-state index is 12.8. The van der Waals surface area contributed by atoms with E-state index in [0.29, 0.717) is 23.7 Å². The topological polar surface area (TPSA) is 66.1 Å². The van der Waals surface area contributed by atoms with Gasteiger partial charge in [-0.15, -0.1) is 0 Å². The molecule has 0 aliphatic carbocycles. The molecule has 2 aliphatic heterocycles. The Morgan fingerprint density at radius 2 is 1.76 bits per heavy atom. The number of nitrogens with zero attached hydrogens (tertiary/aromatic N) is 2. The minimum Gasteiger partial charge on any atom is -0.454 e. The van der Waals surface area contributed by atoms with Crippen LogP contribution in [-0.4, -0.2) is 44.9 Å². The molecular weight excluding hydrogens is 428 g/mol. The summed E-state index contributed by atoms with van der Waals surface area (Å²) in [6, 6.07) is 22.4. The molecule has 0 spiro atoms. The van der Waals surface area contributed by atoms with Crippen LogP contribution in [0.2, 0.25) is 0 Å². The van der Waals surface area contributed by atoms with Crippen LogP contribution in [0, 0.1) is 0 Å². The molecule has 0 aromatic heterocycles. The highest BCUT2D eigenvalue weighted by atomic mass is 16.7. The number of carbonyl (C=O) groups is 1. The van der Waals surface area contributed by atoms with Gasteiger partial charge in [0.15, 0.2) is 11.5 Å². The summed E-state index contributed by atoms with van der Waals surface area (Å²) in [7, 11) is 4.08. The normalized spacial score (nSPS) is 15.4. The molecule has 0 bridgehead atoms. The number of amides is 2. The van der Waals surface area contributed by atoms with E-state index in [1.807, 2.05) is 20.2 Å². The number of benzene rings is 3. The van der Waals surface area contributed by atoms with Gasteiger partial charge in [0.05, 0.1) is 6.04 Å². The number of urea groups is 1. The number of fused-ring (bicyclic) bond motifs is 2. The Hall–Kier alpha value is -3.71. The van der Waals surface area contributed by atoms with E-state index >= 15 is 0 Å². The second-order valence-electron chi connectivity index (χ2n) is 8.89. The number of rotatable bonds is 6. The number of hydrogen-bond acceptors (Lipinski definition) is 5. The van der Waals surface area contributed by atoms with Crippen molar-refractivity contribution in [3.05, 3.63) is 83.4 Å². The number of anilines is 2. The molecule has 2 aliphatic rings. The van der Waals surface area contributed by atoms with Crippen molar-refractivity contribution in [3.63, 3.8) is 0 Å². The van der Waals surface area contributed by atoms with Crippen molar-refractivity contribution in [3.8, 4) is 11.5 Å². The summed E-state index contributed by atoms with van der Waals surface area (Å²) in [5, 5.41) is 5.99. The Balaban J connectivity index is 1.30. The third kappa shape index (κ3) is 4.79. The van der Waals surface area contributed by atoms with Crippen LogP contribution in [0.4, 0.5) is 16.2 Å². The van der Waals surface area contributed by atoms with Crippen molar-refractivity contribution in [2.45, 2.75) is 19.0 Å². The quantitative estimate of drug-likeness (QED) is 0.573. The molecule has 7 nitrogen and oxygen atoms in total. The van der Waals surface area contributed by atoms with E-state index in [-0.39, 0.29) is 18.9 Å². The second-order valence-corrected chi connectivity index (χ2v) is 8.89. The average Bonchev–Trinajstić information content (AvgIpc) is 3.32. The van der Waals surface area contributed by atoms with E-state index in [1.165, 1.54) is 16.7 Å². The fourth-order valence-electron chi connectivity index (χ4n) is 4.57. The van der Waals surface area contributed by atoms with Crippen molar-refractivity contribution in [2.75, 3.05) is 44.2 Å². The first-order valence-electron chi connectivity index (χ1n) is 11.6. The van der Waals surface area contributed by atoms with Crippen LogP contribution in [-0.2, 0) is 13.0 Å². The Labute approximate surface area is 200 Å². The highest BCUT2D eigenvalue weighted by molar-refractivity contribution is 5.89. The summed E-state index contributed by atoms with van der Waals surface area (Å²) >= 11 is 0. The number of hydrogen-bond donors (Lipinski definition) is 2. The van der Waals surface area contributed by atoms with Gasteiger partial charge in [-0.05, 0) is 47.4 Å². The maximum absolute atomic E-state index is 12.8.